The van der Waals surface area contributed by atoms with Gasteiger partial charge < -0.3 is 24.4 Å². The van der Waals surface area contributed by atoms with Crippen molar-refractivity contribution in [2.75, 3.05) is 58.0 Å². The molecule has 0 radical (unpaired) electrons. The van der Waals surface area contributed by atoms with Crippen molar-refractivity contribution in [1.82, 2.24) is 29.7 Å². The number of allylic oxidation sites excluding steroid dienone is 1. The van der Waals surface area contributed by atoms with Crippen LogP contribution < -0.4 is 15.0 Å². The van der Waals surface area contributed by atoms with Gasteiger partial charge in [0, 0.05) is 38.3 Å². The van der Waals surface area contributed by atoms with Crippen molar-refractivity contribution in [1.29, 1.82) is 0 Å². The molecule has 2 saturated heterocycles. The van der Waals surface area contributed by atoms with Gasteiger partial charge in [0.25, 0.3) is 6.43 Å². The first kappa shape index (κ1) is 29.9. The molecule has 1 atom stereocenters. The van der Waals surface area contributed by atoms with Crippen LogP contribution in [0.3, 0.4) is 0 Å². The molecule has 1 amide bonds. The van der Waals surface area contributed by atoms with Gasteiger partial charge in [-0.1, -0.05) is 6.08 Å². The van der Waals surface area contributed by atoms with Crippen LogP contribution in [0, 0.1) is 0 Å². The van der Waals surface area contributed by atoms with Crippen LogP contribution in [0.25, 0.3) is 11.9 Å². The minimum absolute atomic E-state index is 0.0514. The number of carbonyl (C=O) groups is 1. The highest BCUT2D eigenvalue weighted by Crippen LogP contribution is 2.32. The van der Waals surface area contributed by atoms with E-state index in [1.54, 1.807) is 13.2 Å². The van der Waals surface area contributed by atoms with E-state index in [2.05, 4.69) is 15.2 Å². The molecule has 2 aliphatic heterocycles. The van der Waals surface area contributed by atoms with Crippen LogP contribution in [0.15, 0.2) is 12.1 Å². The number of aryl methyl sites for hydroxylation is 1. The van der Waals surface area contributed by atoms with Gasteiger partial charge in [-0.05, 0) is 64.0 Å². The number of rotatable bonds is 10. The number of likely N-dealkylation sites (tertiary alicyclic amines) is 1. The molecule has 1 N–H and O–H groups in total. The van der Waals surface area contributed by atoms with Crippen LogP contribution in [-0.4, -0.2) is 102 Å². The molecule has 4 heterocycles. The highest BCUT2D eigenvalue weighted by molar-refractivity contribution is 5.78. The number of halogens is 2. The second-order valence-corrected chi connectivity index (χ2v) is 11.7. The number of amides is 1. The number of fused-ring (bicyclic) bond motifs is 1. The summed E-state index contributed by atoms with van der Waals surface area (Å²) in [4.78, 5) is 30.7. The van der Waals surface area contributed by atoms with E-state index < -0.39 is 6.43 Å². The maximum Gasteiger partial charge on any atom is 0.296 e. The van der Waals surface area contributed by atoms with Crippen molar-refractivity contribution in [3.8, 4) is 11.7 Å². The van der Waals surface area contributed by atoms with Gasteiger partial charge in [-0.3, -0.25) is 14.3 Å². The number of nitrogens with zero attached hydrogens (tertiary/aromatic N) is 6. The summed E-state index contributed by atoms with van der Waals surface area (Å²) in [6.45, 7) is 4.24. The fourth-order valence-corrected chi connectivity index (χ4v) is 6.57. The van der Waals surface area contributed by atoms with Crippen molar-refractivity contribution in [2.45, 2.75) is 76.0 Å². The summed E-state index contributed by atoms with van der Waals surface area (Å²) in [6.07, 6.45) is 7.55. The molecule has 0 unspecified atom stereocenters. The maximum absolute atomic E-state index is 14.2. The van der Waals surface area contributed by atoms with Crippen molar-refractivity contribution in [3.63, 3.8) is 0 Å². The average molecular weight is 602 g/mol. The summed E-state index contributed by atoms with van der Waals surface area (Å²) in [5.74, 6) is 0.813. The Hall–Kier alpha value is -3.16. The van der Waals surface area contributed by atoms with Crippen molar-refractivity contribution < 1.29 is 27.8 Å². The number of methoxy groups -OCH3 is 1. The summed E-state index contributed by atoms with van der Waals surface area (Å²) < 4.78 is 47.0. The van der Waals surface area contributed by atoms with Crippen LogP contribution in [0.5, 0.6) is 5.88 Å². The molecular weight excluding hydrogens is 560 g/mol. The molecule has 0 aromatic carbocycles. The Balaban J connectivity index is 1.15. The van der Waals surface area contributed by atoms with E-state index in [0.717, 1.165) is 51.5 Å². The average Bonchev–Trinajstić information content (AvgIpc) is 3.63. The first-order valence-corrected chi connectivity index (χ1v) is 15.5. The number of imidazole rings is 1. The molecule has 3 fully saturated rings. The van der Waals surface area contributed by atoms with E-state index >= 15 is 0 Å². The molecule has 0 bridgehead atoms. The zero-order valence-corrected chi connectivity index (χ0v) is 24.7. The first-order valence-electron chi connectivity index (χ1n) is 15.5. The number of alkyl halides is 2. The summed E-state index contributed by atoms with van der Waals surface area (Å²) in [7, 11) is 1.70. The van der Waals surface area contributed by atoms with E-state index in [9.17, 15) is 13.6 Å². The van der Waals surface area contributed by atoms with Crippen molar-refractivity contribution in [3.05, 3.63) is 29.4 Å². The Labute approximate surface area is 250 Å². The zero-order valence-electron chi connectivity index (χ0n) is 24.7. The van der Waals surface area contributed by atoms with Crippen molar-refractivity contribution >= 4 is 17.9 Å². The minimum atomic E-state index is -2.76. The molecular formula is C30H41F2N7O4. The molecule has 4 aliphatic rings. The summed E-state index contributed by atoms with van der Waals surface area (Å²) >= 11 is 0. The zero-order chi connectivity index (χ0) is 29.8. The lowest BCUT2D eigenvalue weighted by Crippen LogP contribution is -2.46. The second kappa shape index (κ2) is 13.6. The highest BCUT2D eigenvalue weighted by atomic mass is 19.3. The fourth-order valence-electron chi connectivity index (χ4n) is 6.57. The third-order valence-electron chi connectivity index (χ3n) is 8.77. The van der Waals surface area contributed by atoms with Crippen LogP contribution in [0.1, 0.15) is 68.6 Å². The number of carbonyl (C=O) groups excluding carboxylic acids is 1. The van der Waals surface area contributed by atoms with Crippen LogP contribution in [-0.2, 0) is 20.7 Å². The summed E-state index contributed by atoms with van der Waals surface area (Å²) in [5, 5.41) is 3.21. The van der Waals surface area contributed by atoms with Crippen LogP contribution in [0.4, 0.5) is 14.7 Å². The van der Waals surface area contributed by atoms with Gasteiger partial charge in [0.2, 0.25) is 17.7 Å². The number of ether oxygens (including phenoxy) is 3. The van der Waals surface area contributed by atoms with Crippen LogP contribution in [0.2, 0.25) is 0 Å². The lowest BCUT2D eigenvalue weighted by Gasteiger charge is -2.31. The van der Waals surface area contributed by atoms with Gasteiger partial charge in [-0.15, -0.1) is 0 Å². The van der Waals surface area contributed by atoms with E-state index in [0.29, 0.717) is 81.0 Å². The van der Waals surface area contributed by atoms with E-state index in [4.69, 9.17) is 24.2 Å². The predicted molar refractivity (Wildman–Crippen MR) is 156 cm³/mol. The third-order valence-corrected chi connectivity index (χ3v) is 8.77. The number of hydrogen-bond acceptors (Lipinski definition) is 9. The first-order chi connectivity index (χ1) is 21.0. The van der Waals surface area contributed by atoms with Crippen LogP contribution >= 0.6 is 0 Å². The quantitative estimate of drug-likeness (QED) is 0.439. The lowest BCUT2D eigenvalue weighted by molar-refractivity contribution is -0.123. The van der Waals surface area contributed by atoms with E-state index in [-0.39, 0.29) is 23.9 Å². The van der Waals surface area contributed by atoms with E-state index in [1.807, 2.05) is 17.1 Å². The smallest absolute Gasteiger partial charge is 0.296 e. The molecule has 13 heteroatoms. The minimum Gasteiger partial charge on any atom is -0.474 e. The van der Waals surface area contributed by atoms with Gasteiger partial charge in [0.05, 0.1) is 37.8 Å². The Morgan fingerprint density at radius 3 is 2.70 bits per heavy atom. The Morgan fingerprint density at radius 1 is 1.12 bits per heavy atom. The fraction of sp³-hybridized carbons (Fsp3) is 0.667. The number of anilines is 1. The molecule has 2 aromatic rings. The van der Waals surface area contributed by atoms with Gasteiger partial charge in [-0.2, -0.15) is 9.97 Å². The number of nitrogens with one attached hydrogen (secondary N) is 1. The molecule has 2 aliphatic carbocycles. The maximum atomic E-state index is 14.2. The molecule has 0 spiro atoms. The molecule has 6 rings (SSSR count). The monoisotopic (exact) mass is 601 g/mol. The van der Waals surface area contributed by atoms with Gasteiger partial charge in [0.15, 0.2) is 5.82 Å². The number of hydrogen-bond donors (Lipinski definition) is 1. The van der Waals surface area contributed by atoms with Gasteiger partial charge in [-0.25, -0.2) is 13.8 Å². The molecule has 1 saturated carbocycles. The number of morpholine rings is 1. The normalized spacial score (nSPS) is 24.4. The standard InChI is InChI=1S/C30H41F2N7O4/c1-41-19-21-5-4-12-38(21)18-26(40)33-20-8-10-22(11-9-20)43-27-17-25(35-30(36-27)37-13-15-42-16-14-37)39-24-7-3-2-6-23(24)34-29(39)28(31)32/h3,7,17,20-22,28H,2,4-6,8-16,18-19H2,1H3,(H,33,40)/t20-,21-,22-/m0/s1. The van der Waals surface area contributed by atoms with Gasteiger partial charge in [0.1, 0.15) is 11.9 Å². The van der Waals surface area contributed by atoms with Gasteiger partial charge >= 0.3 is 0 Å². The summed E-state index contributed by atoms with van der Waals surface area (Å²) in [5.41, 5.74) is 1.27. The predicted octanol–water partition coefficient (Wildman–Crippen LogP) is 3.31. The summed E-state index contributed by atoms with van der Waals surface area (Å²) in [6, 6.07) is 2.04. The number of aromatic nitrogens is 4. The highest BCUT2D eigenvalue weighted by Gasteiger charge is 2.30. The Bertz CT molecular complexity index is 1290. The molecule has 11 nitrogen and oxygen atoms in total. The molecule has 43 heavy (non-hydrogen) atoms. The van der Waals surface area contributed by atoms with E-state index in [1.165, 1.54) is 4.57 Å². The largest absolute Gasteiger partial charge is 0.474 e. The third kappa shape index (κ3) is 6.99. The Morgan fingerprint density at radius 2 is 1.93 bits per heavy atom. The SMILES string of the molecule is COC[C@@H]1CCCN1CC(=O)N[C@H]1CC[C@H](Oc2cc(-n3c(C(F)F)nc4c3C=CCC4)nc(N3CCOCC3)n2)CC1. The lowest BCUT2D eigenvalue weighted by atomic mass is 9.93. The second-order valence-electron chi connectivity index (χ2n) is 11.7. The molecule has 234 valence electrons. The topological polar surface area (TPSA) is 107 Å². The molecule has 2 aromatic heterocycles. The Kier molecular flexibility index (Phi) is 9.49. The van der Waals surface area contributed by atoms with Crippen molar-refractivity contribution in [2.24, 2.45) is 0 Å².